The van der Waals surface area contributed by atoms with Gasteiger partial charge in [0.1, 0.15) is 0 Å². The number of thiophene rings is 1. The molecule has 0 aliphatic carbocycles. The second kappa shape index (κ2) is 12.5. The van der Waals surface area contributed by atoms with Crippen LogP contribution >= 0.6 is 11.3 Å². The first kappa shape index (κ1) is 27.1. The van der Waals surface area contributed by atoms with Crippen LogP contribution < -0.4 is 16.4 Å². The highest BCUT2D eigenvalue weighted by atomic mass is 32.1. The Morgan fingerprint density at radius 1 is 1.29 bits per heavy atom. The number of carbonyl (C=O) groups excluding carboxylic acids is 2. The van der Waals surface area contributed by atoms with E-state index in [1.807, 2.05) is 31.0 Å². The Kier molecular flexibility index (Phi) is 8.90. The molecule has 2 amide bonds. The number of nitrogens with one attached hydrogen (secondary N) is 2. The van der Waals surface area contributed by atoms with Gasteiger partial charge in [-0.05, 0) is 48.1 Å². The van der Waals surface area contributed by atoms with Crippen molar-refractivity contribution >= 4 is 51.5 Å². The Morgan fingerprint density at radius 3 is 2.79 bits per heavy atom. The molecule has 0 atom stereocenters. The third kappa shape index (κ3) is 6.65. The van der Waals surface area contributed by atoms with E-state index >= 15 is 0 Å². The van der Waals surface area contributed by atoms with Gasteiger partial charge in [-0.1, -0.05) is 25.1 Å². The van der Waals surface area contributed by atoms with Crippen molar-refractivity contribution in [3.8, 4) is 0 Å². The highest BCUT2D eigenvalue weighted by Gasteiger charge is 2.23. The summed E-state index contributed by atoms with van der Waals surface area (Å²) in [7, 11) is 0. The van der Waals surface area contributed by atoms with E-state index < -0.39 is 5.91 Å². The van der Waals surface area contributed by atoms with E-state index in [9.17, 15) is 9.59 Å². The number of benzene rings is 1. The molecule has 10 nitrogen and oxygen atoms in total. The molecule has 4 rings (SSSR count). The molecule has 11 heteroatoms. The largest absolute Gasteiger partial charge is 0.379 e. The fraction of sp³-hybridized carbons (Fsp3) is 0.370. The molecule has 3 heterocycles. The quantitative estimate of drug-likeness (QED) is 0.248. The Hall–Kier alpha value is -3.99. The van der Waals surface area contributed by atoms with Crippen LogP contribution in [0.15, 0.2) is 52.7 Å². The molecule has 200 valence electrons. The molecule has 2 aromatic heterocycles. The Labute approximate surface area is 226 Å². The first-order valence-corrected chi connectivity index (χ1v) is 13.6. The van der Waals surface area contributed by atoms with Crippen LogP contribution in [0.25, 0.3) is 10.1 Å². The number of hydrogen-bond donors (Lipinski definition) is 3. The van der Waals surface area contributed by atoms with Crippen molar-refractivity contribution in [2.24, 2.45) is 16.8 Å². The number of rotatable bonds is 11. The van der Waals surface area contributed by atoms with Gasteiger partial charge in [-0.2, -0.15) is 5.10 Å². The molecule has 0 saturated carbocycles. The summed E-state index contributed by atoms with van der Waals surface area (Å²) in [5.41, 5.74) is 8.04. The number of allylic oxidation sites excluding steroid dienone is 1. The van der Waals surface area contributed by atoms with Gasteiger partial charge in [0.2, 0.25) is 5.91 Å². The summed E-state index contributed by atoms with van der Waals surface area (Å²) in [6, 6.07) is 9.96. The van der Waals surface area contributed by atoms with Crippen molar-refractivity contribution in [1.29, 1.82) is 0 Å². The lowest BCUT2D eigenvalue weighted by molar-refractivity contribution is -0.132. The van der Waals surface area contributed by atoms with Crippen LogP contribution in [0.1, 0.15) is 49.2 Å². The van der Waals surface area contributed by atoms with E-state index in [2.05, 4.69) is 56.2 Å². The van der Waals surface area contributed by atoms with Gasteiger partial charge in [-0.3, -0.25) is 14.6 Å². The van der Waals surface area contributed by atoms with Crippen LogP contribution in [0.2, 0.25) is 0 Å². The number of hydrogen-bond acceptors (Lipinski definition) is 9. The minimum Gasteiger partial charge on any atom is -0.379 e. The Balaban J connectivity index is 1.41. The number of anilines is 2. The summed E-state index contributed by atoms with van der Waals surface area (Å²) in [5.74, 6) is 0.449. The van der Waals surface area contributed by atoms with Gasteiger partial charge in [0.15, 0.2) is 11.5 Å². The van der Waals surface area contributed by atoms with Gasteiger partial charge in [0, 0.05) is 62.0 Å². The Bertz CT molecular complexity index is 1330. The molecule has 3 aromatic rings. The second-order valence-electron chi connectivity index (χ2n) is 9.34. The highest BCUT2D eigenvalue weighted by molar-refractivity contribution is 7.17. The van der Waals surface area contributed by atoms with Gasteiger partial charge in [-0.15, -0.1) is 21.5 Å². The first-order valence-electron chi connectivity index (χ1n) is 12.7. The SMILES string of the molecule is C=NN(/C=C(\C)Nc1cc(NCc2cccc3ccsc23)c(C(N)=O)nn1)CC1CCN(C(=O)CC)CC1. The van der Waals surface area contributed by atoms with E-state index in [0.29, 0.717) is 36.9 Å². The van der Waals surface area contributed by atoms with Crippen LogP contribution in [0.5, 0.6) is 0 Å². The van der Waals surface area contributed by atoms with Gasteiger partial charge in [-0.25, -0.2) is 0 Å². The number of piperidine rings is 1. The van der Waals surface area contributed by atoms with Crippen LogP contribution in [0.3, 0.4) is 0 Å². The monoisotopic (exact) mass is 534 g/mol. The number of hydrazone groups is 1. The van der Waals surface area contributed by atoms with Crippen LogP contribution in [-0.2, 0) is 11.3 Å². The lowest BCUT2D eigenvalue weighted by atomic mass is 9.96. The molecule has 0 radical (unpaired) electrons. The summed E-state index contributed by atoms with van der Waals surface area (Å²) in [6.45, 7) is 10.3. The maximum absolute atomic E-state index is 12.0. The van der Waals surface area contributed by atoms with Crippen molar-refractivity contribution in [3.05, 3.63) is 58.9 Å². The van der Waals surface area contributed by atoms with E-state index in [0.717, 1.165) is 37.2 Å². The van der Waals surface area contributed by atoms with Gasteiger partial charge in [0.25, 0.3) is 5.91 Å². The zero-order chi connectivity index (χ0) is 27.1. The third-order valence-electron chi connectivity index (χ3n) is 6.62. The van der Waals surface area contributed by atoms with Crippen molar-refractivity contribution in [3.63, 3.8) is 0 Å². The van der Waals surface area contributed by atoms with E-state index in [1.54, 1.807) is 22.4 Å². The van der Waals surface area contributed by atoms with Crippen LogP contribution in [0, 0.1) is 5.92 Å². The highest BCUT2D eigenvalue weighted by Crippen LogP contribution is 2.26. The zero-order valence-electron chi connectivity index (χ0n) is 21.8. The minimum absolute atomic E-state index is 0.0813. The molecule has 1 aliphatic rings. The number of nitrogens with two attached hydrogens (primary N) is 1. The van der Waals surface area contributed by atoms with E-state index in [4.69, 9.17) is 5.73 Å². The van der Waals surface area contributed by atoms with Crippen LogP contribution in [0.4, 0.5) is 11.5 Å². The summed E-state index contributed by atoms with van der Waals surface area (Å²) < 4.78 is 1.19. The summed E-state index contributed by atoms with van der Waals surface area (Å²) >= 11 is 1.68. The number of amides is 2. The molecule has 0 unspecified atom stereocenters. The first-order chi connectivity index (χ1) is 18.4. The number of likely N-dealkylation sites (tertiary alicyclic amines) is 1. The lowest BCUT2D eigenvalue weighted by Gasteiger charge is -2.33. The molecule has 4 N–H and O–H groups in total. The average molecular weight is 535 g/mol. The van der Waals surface area contributed by atoms with Gasteiger partial charge in [0.05, 0.1) is 5.69 Å². The predicted molar refractivity (Wildman–Crippen MR) is 153 cm³/mol. The number of aromatic nitrogens is 2. The third-order valence-corrected chi connectivity index (χ3v) is 7.63. The van der Waals surface area contributed by atoms with E-state index in [-0.39, 0.29) is 11.6 Å². The summed E-state index contributed by atoms with van der Waals surface area (Å²) in [5, 5.41) is 23.9. The van der Waals surface area contributed by atoms with Gasteiger partial charge >= 0.3 is 0 Å². The molecule has 0 spiro atoms. The molecule has 1 fully saturated rings. The maximum atomic E-state index is 12.0. The Morgan fingerprint density at radius 2 is 2.08 bits per heavy atom. The molecule has 1 saturated heterocycles. The maximum Gasteiger partial charge on any atom is 0.271 e. The molecule has 1 aromatic carbocycles. The number of nitrogens with zero attached hydrogens (tertiary/aromatic N) is 5. The fourth-order valence-electron chi connectivity index (χ4n) is 4.62. The van der Waals surface area contributed by atoms with Gasteiger partial charge < -0.3 is 21.3 Å². The summed E-state index contributed by atoms with van der Waals surface area (Å²) in [6.07, 6.45) is 4.29. The normalized spacial score (nSPS) is 14.4. The smallest absolute Gasteiger partial charge is 0.271 e. The van der Waals surface area contributed by atoms with Crippen molar-refractivity contribution in [1.82, 2.24) is 20.1 Å². The van der Waals surface area contributed by atoms with Crippen molar-refractivity contribution in [2.75, 3.05) is 30.3 Å². The van der Waals surface area contributed by atoms with Crippen molar-refractivity contribution in [2.45, 2.75) is 39.7 Å². The molecule has 0 bridgehead atoms. The molecule has 38 heavy (non-hydrogen) atoms. The topological polar surface area (TPSA) is 129 Å². The minimum atomic E-state index is -0.651. The number of carbonyl (C=O) groups is 2. The number of primary amides is 1. The molecule has 1 aliphatic heterocycles. The molecular weight excluding hydrogens is 500 g/mol. The lowest BCUT2D eigenvalue weighted by Crippen LogP contribution is -2.40. The standard InChI is InChI=1S/C27H34N8O2S/c1-4-24(36)34-11-8-19(9-12-34)17-35(29-3)16-18(2)31-23-14-22(25(27(28)37)33-32-23)30-15-21-7-5-6-20-10-13-38-26(20)21/h5-7,10,13-14,16,19H,3-4,8-9,11-12,15,17H2,1-2H3,(H2,28,37)(H2,30,31,32)/b18-16+. The second-order valence-corrected chi connectivity index (χ2v) is 10.3. The average Bonchev–Trinajstić information content (AvgIpc) is 3.41. The van der Waals surface area contributed by atoms with Crippen LogP contribution in [-0.4, -0.2) is 58.3 Å². The summed E-state index contributed by atoms with van der Waals surface area (Å²) in [4.78, 5) is 25.9. The molecular formula is C27H34N8O2S. The fourth-order valence-corrected chi connectivity index (χ4v) is 5.53. The van der Waals surface area contributed by atoms with Crippen molar-refractivity contribution < 1.29 is 9.59 Å². The van der Waals surface area contributed by atoms with E-state index in [1.165, 1.54) is 10.1 Å². The predicted octanol–water partition coefficient (Wildman–Crippen LogP) is 4.24. The number of fused-ring (bicyclic) bond motifs is 1. The zero-order valence-corrected chi connectivity index (χ0v) is 22.6.